The molecule has 0 aliphatic carbocycles. The fourth-order valence-electron chi connectivity index (χ4n) is 2.31. The van der Waals surface area contributed by atoms with E-state index in [1.165, 1.54) is 0 Å². The van der Waals surface area contributed by atoms with Crippen LogP contribution in [-0.4, -0.2) is 46.0 Å². The van der Waals surface area contributed by atoms with Crippen molar-refractivity contribution in [1.29, 1.82) is 0 Å². The van der Waals surface area contributed by atoms with Gasteiger partial charge in [0, 0.05) is 5.25 Å². The predicted molar refractivity (Wildman–Crippen MR) is 66.9 cm³/mol. The molecule has 2 rings (SSSR count). The van der Waals surface area contributed by atoms with E-state index in [1.807, 2.05) is 20.8 Å². The van der Waals surface area contributed by atoms with Crippen LogP contribution in [-0.2, 0) is 14.2 Å². The maximum atomic E-state index is 10.1. The molecule has 2 saturated heterocycles. The molecule has 0 radical (unpaired) electrons. The summed E-state index contributed by atoms with van der Waals surface area (Å²) in [6.45, 7) is 9.88. The van der Waals surface area contributed by atoms with Gasteiger partial charge in [-0.25, -0.2) is 0 Å². The minimum Gasteiger partial charge on any atom is -0.388 e. The summed E-state index contributed by atoms with van der Waals surface area (Å²) in [6.07, 6.45) is -1.32. The van der Waals surface area contributed by atoms with Gasteiger partial charge in [-0.3, -0.25) is 0 Å². The Morgan fingerprint density at radius 3 is 2.35 bits per heavy atom. The molecule has 17 heavy (non-hydrogen) atoms. The molecule has 0 spiro atoms. The Labute approximate surface area is 107 Å². The maximum Gasteiger partial charge on any atom is 0.164 e. The molecule has 0 bridgehead atoms. The summed E-state index contributed by atoms with van der Waals surface area (Å²) in [5.74, 6) is -0.639. The highest BCUT2D eigenvalue weighted by Crippen LogP contribution is 2.41. The molecule has 2 fully saturated rings. The van der Waals surface area contributed by atoms with Gasteiger partial charge < -0.3 is 19.3 Å². The van der Waals surface area contributed by atoms with Crippen LogP contribution < -0.4 is 0 Å². The first-order valence-corrected chi connectivity index (χ1v) is 7.09. The molecular weight excluding hydrogens is 240 g/mol. The fourth-order valence-corrected chi connectivity index (χ4v) is 3.45. The van der Waals surface area contributed by atoms with Crippen molar-refractivity contribution in [3.63, 3.8) is 0 Å². The van der Waals surface area contributed by atoms with E-state index in [0.717, 1.165) is 0 Å². The van der Waals surface area contributed by atoms with Gasteiger partial charge in [0.05, 0.1) is 6.10 Å². The fraction of sp³-hybridized carbons (Fsp3) is 1.00. The number of aliphatic hydroxyl groups is 1. The Hall–Kier alpha value is 0.190. The third kappa shape index (κ3) is 2.79. The molecule has 2 aliphatic rings. The molecule has 5 heteroatoms. The second-order valence-electron chi connectivity index (χ2n) is 5.45. The van der Waals surface area contributed by atoms with Crippen LogP contribution in [0.2, 0.25) is 0 Å². The minimum absolute atomic E-state index is 0.0693. The summed E-state index contributed by atoms with van der Waals surface area (Å²) in [4.78, 5) is 0. The molecule has 0 aromatic rings. The van der Waals surface area contributed by atoms with Gasteiger partial charge in [-0.2, -0.15) is 0 Å². The van der Waals surface area contributed by atoms with Crippen molar-refractivity contribution in [2.75, 3.05) is 0 Å². The Morgan fingerprint density at radius 2 is 1.76 bits per heavy atom. The Morgan fingerprint density at radius 1 is 1.18 bits per heavy atom. The van der Waals surface area contributed by atoms with E-state index in [2.05, 4.69) is 13.8 Å². The molecule has 0 amide bonds. The van der Waals surface area contributed by atoms with E-state index < -0.39 is 11.9 Å². The van der Waals surface area contributed by atoms with Crippen molar-refractivity contribution < 1.29 is 19.3 Å². The highest BCUT2D eigenvalue weighted by molar-refractivity contribution is 8.00. The Kier molecular flexibility index (Phi) is 3.77. The number of rotatable bonds is 2. The lowest BCUT2D eigenvalue weighted by Gasteiger charge is -2.39. The molecule has 100 valence electrons. The number of thioether (sulfide) groups is 1. The molecule has 0 aromatic heterocycles. The molecule has 1 N–H and O–H groups in total. The molecule has 0 saturated carbocycles. The first-order chi connectivity index (χ1) is 7.80. The largest absolute Gasteiger partial charge is 0.388 e. The van der Waals surface area contributed by atoms with Crippen LogP contribution in [0.15, 0.2) is 0 Å². The molecule has 0 aromatic carbocycles. The number of fused-ring (bicyclic) bond motifs is 1. The van der Waals surface area contributed by atoms with Crippen LogP contribution in [0.5, 0.6) is 0 Å². The van der Waals surface area contributed by atoms with Crippen LogP contribution in [0.1, 0.15) is 34.6 Å². The second-order valence-corrected chi connectivity index (χ2v) is 7.13. The van der Waals surface area contributed by atoms with E-state index in [-0.39, 0.29) is 23.7 Å². The van der Waals surface area contributed by atoms with Gasteiger partial charge in [-0.1, -0.05) is 13.8 Å². The smallest absolute Gasteiger partial charge is 0.164 e. The summed E-state index contributed by atoms with van der Waals surface area (Å²) < 4.78 is 17.5. The molecule has 2 heterocycles. The van der Waals surface area contributed by atoms with E-state index in [1.54, 1.807) is 11.8 Å². The SMILES string of the molecule is CC(C)S[C@@H]1O[C@@H](C)[C@H](O)[C@H]2OC(C)(C)O[C@H]21. The van der Waals surface area contributed by atoms with Gasteiger partial charge in [0.1, 0.15) is 23.7 Å². The van der Waals surface area contributed by atoms with Crippen molar-refractivity contribution in [1.82, 2.24) is 0 Å². The zero-order chi connectivity index (χ0) is 12.8. The van der Waals surface area contributed by atoms with Crippen molar-refractivity contribution in [2.24, 2.45) is 0 Å². The van der Waals surface area contributed by atoms with E-state index in [0.29, 0.717) is 5.25 Å². The number of ether oxygens (including phenoxy) is 3. The van der Waals surface area contributed by atoms with Gasteiger partial charge in [0.15, 0.2) is 5.79 Å². The molecule has 5 atom stereocenters. The summed E-state index contributed by atoms with van der Waals surface area (Å²) in [5.41, 5.74) is -0.0693. The van der Waals surface area contributed by atoms with Crippen LogP contribution in [0.4, 0.5) is 0 Å². The van der Waals surface area contributed by atoms with Crippen LogP contribution in [0, 0.1) is 0 Å². The number of aliphatic hydroxyl groups excluding tert-OH is 1. The average molecular weight is 262 g/mol. The summed E-state index contributed by atoms with van der Waals surface area (Å²) in [6, 6.07) is 0. The number of hydrogen-bond acceptors (Lipinski definition) is 5. The van der Waals surface area contributed by atoms with Crippen molar-refractivity contribution in [3.8, 4) is 0 Å². The van der Waals surface area contributed by atoms with E-state index in [9.17, 15) is 5.11 Å². The van der Waals surface area contributed by atoms with Gasteiger partial charge >= 0.3 is 0 Å². The summed E-state index contributed by atoms with van der Waals surface area (Å²) in [7, 11) is 0. The minimum atomic E-state index is -0.639. The predicted octanol–water partition coefficient (Wildman–Crippen LogP) is 1.75. The average Bonchev–Trinajstić information content (AvgIpc) is 2.50. The van der Waals surface area contributed by atoms with Crippen LogP contribution in [0.3, 0.4) is 0 Å². The highest BCUT2D eigenvalue weighted by Gasteiger charge is 2.53. The monoisotopic (exact) mass is 262 g/mol. The Balaban J connectivity index is 2.14. The van der Waals surface area contributed by atoms with Crippen molar-refractivity contribution >= 4 is 11.8 Å². The first-order valence-electron chi connectivity index (χ1n) is 6.15. The lowest BCUT2D eigenvalue weighted by molar-refractivity contribution is -0.159. The quantitative estimate of drug-likeness (QED) is 0.821. The van der Waals surface area contributed by atoms with Gasteiger partial charge in [0.25, 0.3) is 0 Å². The molecule has 4 nitrogen and oxygen atoms in total. The zero-order valence-corrected chi connectivity index (χ0v) is 11.9. The van der Waals surface area contributed by atoms with Crippen molar-refractivity contribution in [2.45, 2.75) is 75.5 Å². The summed E-state index contributed by atoms with van der Waals surface area (Å²) in [5, 5.41) is 10.5. The van der Waals surface area contributed by atoms with Gasteiger partial charge in [0.2, 0.25) is 0 Å². The second kappa shape index (κ2) is 4.70. The third-order valence-electron chi connectivity index (χ3n) is 3.00. The highest BCUT2D eigenvalue weighted by atomic mass is 32.2. The topological polar surface area (TPSA) is 47.9 Å². The lowest BCUT2D eigenvalue weighted by Crippen LogP contribution is -2.54. The van der Waals surface area contributed by atoms with Crippen LogP contribution >= 0.6 is 11.8 Å². The normalized spacial score (nSPS) is 45.0. The summed E-state index contributed by atoms with van der Waals surface area (Å²) >= 11 is 1.72. The maximum absolute atomic E-state index is 10.1. The first kappa shape index (κ1) is 13.6. The third-order valence-corrected chi connectivity index (χ3v) is 4.20. The van der Waals surface area contributed by atoms with E-state index in [4.69, 9.17) is 14.2 Å². The standard InChI is InChI=1S/C12H22O4S/c1-6(2)17-11-10-9(8(13)7(3)14-11)15-12(4,5)16-10/h6-11,13H,1-5H3/t7-,8-,9+,10+,11-/m0/s1. The van der Waals surface area contributed by atoms with E-state index >= 15 is 0 Å². The Bertz CT molecular complexity index is 282. The number of hydrogen-bond donors (Lipinski definition) is 1. The molecule has 0 unspecified atom stereocenters. The van der Waals surface area contributed by atoms with Crippen molar-refractivity contribution in [3.05, 3.63) is 0 Å². The molecular formula is C12H22O4S. The molecule has 2 aliphatic heterocycles. The van der Waals surface area contributed by atoms with Gasteiger partial charge in [-0.05, 0) is 20.8 Å². The zero-order valence-electron chi connectivity index (χ0n) is 11.0. The van der Waals surface area contributed by atoms with Gasteiger partial charge in [-0.15, -0.1) is 11.8 Å². The lowest BCUT2D eigenvalue weighted by atomic mass is 10.0. The van der Waals surface area contributed by atoms with Crippen LogP contribution in [0.25, 0.3) is 0 Å².